The molecule has 0 atom stereocenters. The van der Waals surface area contributed by atoms with Gasteiger partial charge in [0.2, 0.25) is 0 Å². The van der Waals surface area contributed by atoms with Gasteiger partial charge < -0.3 is 15.8 Å². The van der Waals surface area contributed by atoms with Crippen molar-refractivity contribution in [1.82, 2.24) is 0 Å². The highest BCUT2D eigenvalue weighted by molar-refractivity contribution is 6.24. The average Bonchev–Trinajstić information content (AvgIpc) is 2.73. The maximum absolute atomic E-state index is 12.0. The Kier molecular flexibility index (Phi) is 5.03. The highest BCUT2D eigenvalue weighted by Gasteiger charge is 2.23. The number of ketones is 1. The zero-order valence-corrected chi connectivity index (χ0v) is 16.2. The molecule has 0 spiro atoms. The Hall–Kier alpha value is -2.88. The van der Waals surface area contributed by atoms with Crippen LogP contribution >= 0.6 is 0 Å². The molecule has 4 heteroatoms. The number of nitrogens with one attached hydrogen (secondary N) is 2. The van der Waals surface area contributed by atoms with Crippen molar-refractivity contribution in [2.45, 2.75) is 44.9 Å². The SMILES string of the molecule is CCC1CCC(c2ccc(Nc3ccc4c(c3O)C(=N)C=CC4=O)cc2)CC1. The smallest absolute Gasteiger partial charge is 0.186 e. The first-order valence-electron chi connectivity index (χ1n) is 10.1. The summed E-state index contributed by atoms with van der Waals surface area (Å²) >= 11 is 0. The van der Waals surface area contributed by atoms with Gasteiger partial charge in [0.1, 0.15) is 5.75 Å². The summed E-state index contributed by atoms with van der Waals surface area (Å²) in [5, 5.41) is 21.8. The van der Waals surface area contributed by atoms with E-state index in [-0.39, 0.29) is 17.2 Å². The van der Waals surface area contributed by atoms with E-state index >= 15 is 0 Å². The molecule has 4 rings (SSSR count). The van der Waals surface area contributed by atoms with Gasteiger partial charge in [-0.1, -0.05) is 25.5 Å². The van der Waals surface area contributed by atoms with Gasteiger partial charge in [0.25, 0.3) is 0 Å². The van der Waals surface area contributed by atoms with Crippen LogP contribution in [0.15, 0.2) is 48.6 Å². The lowest BCUT2D eigenvalue weighted by Crippen LogP contribution is -2.13. The highest BCUT2D eigenvalue weighted by Crippen LogP contribution is 2.38. The second-order valence-corrected chi connectivity index (χ2v) is 7.87. The zero-order valence-electron chi connectivity index (χ0n) is 16.2. The fourth-order valence-electron chi connectivity index (χ4n) is 4.40. The average molecular weight is 374 g/mol. The molecule has 28 heavy (non-hydrogen) atoms. The molecule has 0 aliphatic heterocycles. The summed E-state index contributed by atoms with van der Waals surface area (Å²) in [5.41, 5.74) is 3.57. The van der Waals surface area contributed by atoms with Gasteiger partial charge in [0, 0.05) is 11.3 Å². The number of phenols is 1. The van der Waals surface area contributed by atoms with Gasteiger partial charge in [0.15, 0.2) is 5.78 Å². The standard InChI is InChI=1S/C24H26N2O2/c1-2-15-3-5-16(6-4-15)17-7-9-18(10-8-17)26-21-13-11-19-22(27)14-12-20(25)23(19)24(21)28/h7-16,25-26,28H,2-6H2,1H3. The lowest BCUT2D eigenvalue weighted by molar-refractivity contribution is 0.104. The summed E-state index contributed by atoms with van der Waals surface area (Å²) in [7, 11) is 0. The Bertz CT molecular complexity index is 936. The predicted molar refractivity (Wildman–Crippen MR) is 113 cm³/mol. The van der Waals surface area contributed by atoms with E-state index in [9.17, 15) is 9.90 Å². The van der Waals surface area contributed by atoms with Crippen molar-refractivity contribution in [2.75, 3.05) is 5.32 Å². The van der Waals surface area contributed by atoms with E-state index in [1.807, 2.05) is 12.1 Å². The Morgan fingerprint density at radius 3 is 2.43 bits per heavy atom. The molecule has 0 saturated heterocycles. The minimum atomic E-state index is -0.185. The van der Waals surface area contributed by atoms with E-state index < -0.39 is 0 Å². The van der Waals surface area contributed by atoms with Crippen molar-refractivity contribution >= 4 is 22.9 Å². The van der Waals surface area contributed by atoms with Gasteiger partial charge in [-0.2, -0.15) is 0 Å². The van der Waals surface area contributed by atoms with Crippen LogP contribution in [-0.4, -0.2) is 16.6 Å². The van der Waals surface area contributed by atoms with Gasteiger partial charge in [0.05, 0.1) is 17.0 Å². The summed E-state index contributed by atoms with van der Waals surface area (Å²) in [5.74, 6) is 1.30. The van der Waals surface area contributed by atoms with Gasteiger partial charge in [-0.3, -0.25) is 4.79 Å². The number of fused-ring (bicyclic) bond motifs is 1. The number of carbonyl (C=O) groups excluding carboxylic acids is 1. The molecule has 144 valence electrons. The summed E-state index contributed by atoms with van der Waals surface area (Å²) in [6.45, 7) is 2.29. The second kappa shape index (κ2) is 7.63. The van der Waals surface area contributed by atoms with Crippen LogP contribution in [0.2, 0.25) is 0 Å². The Morgan fingerprint density at radius 1 is 1.04 bits per heavy atom. The number of hydrogen-bond donors (Lipinski definition) is 3. The number of aromatic hydroxyl groups is 1. The molecule has 0 radical (unpaired) electrons. The lowest BCUT2D eigenvalue weighted by Gasteiger charge is -2.28. The largest absolute Gasteiger partial charge is 0.505 e. The minimum Gasteiger partial charge on any atom is -0.505 e. The van der Waals surface area contributed by atoms with Crippen LogP contribution in [-0.2, 0) is 0 Å². The van der Waals surface area contributed by atoms with E-state index in [4.69, 9.17) is 5.41 Å². The topological polar surface area (TPSA) is 73.2 Å². The maximum Gasteiger partial charge on any atom is 0.186 e. The van der Waals surface area contributed by atoms with E-state index in [0.29, 0.717) is 22.7 Å². The summed E-state index contributed by atoms with van der Waals surface area (Å²) in [6.07, 6.45) is 9.26. The molecular weight excluding hydrogens is 348 g/mol. The maximum atomic E-state index is 12.0. The third-order valence-corrected chi connectivity index (χ3v) is 6.20. The summed E-state index contributed by atoms with van der Waals surface area (Å²) in [4.78, 5) is 12.0. The van der Waals surface area contributed by atoms with Gasteiger partial charge in [-0.05, 0) is 79.5 Å². The van der Waals surface area contributed by atoms with Crippen molar-refractivity contribution in [3.8, 4) is 5.75 Å². The fraction of sp³-hybridized carbons (Fsp3) is 0.333. The number of hydrogen-bond acceptors (Lipinski definition) is 4. The van der Waals surface area contributed by atoms with Crippen LogP contribution < -0.4 is 5.32 Å². The number of benzene rings is 2. The van der Waals surface area contributed by atoms with Gasteiger partial charge >= 0.3 is 0 Å². The molecule has 0 amide bonds. The minimum absolute atomic E-state index is 0.0536. The molecule has 0 unspecified atom stereocenters. The first-order chi connectivity index (χ1) is 13.6. The molecule has 3 N–H and O–H groups in total. The molecule has 2 aliphatic rings. The van der Waals surface area contributed by atoms with Crippen LogP contribution in [0.25, 0.3) is 0 Å². The summed E-state index contributed by atoms with van der Waals surface area (Å²) < 4.78 is 0. The van der Waals surface area contributed by atoms with E-state index in [2.05, 4.69) is 24.4 Å². The van der Waals surface area contributed by atoms with Crippen LogP contribution in [0.5, 0.6) is 5.75 Å². The van der Waals surface area contributed by atoms with Crippen molar-refractivity contribution < 1.29 is 9.90 Å². The lowest BCUT2D eigenvalue weighted by atomic mass is 9.78. The highest BCUT2D eigenvalue weighted by atomic mass is 16.3. The summed E-state index contributed by atoms with van der Waals surface area (Å²) in [6, 6.07) is 11.8. The molecule has 2 aliphatic carbocycles. The monoisotopic (exact) mass is 374 g/mol. The number of phenolic OH excluding ortho intramolecular Hbond substituents is 1. The van der Waals surface area contributed by atoms with Crippen LogP contribution in [0.3, 0.4) is 0 Å². The number of rotatable bonds is 4. The fourth-order valence-corrected chi connectivity index (χ4v) is 4.40. The quantitative estimate of drug-likeness (QED) is 0.580. The molecule has 4 nitrogen and oxygen atoms in total. The third-order valence-electron chi connectivity index (χ3n) is 6.20. The molecule has 0 bridgehead atoms. The number of anilines is 2. The van der Waals surface area contributed by atoms with E-state index in [1.54, 1.807) is 12.1 Å². The predicted octanol–water partition coefficient (Wildman–Crippen LogP) is 5.94. The first kappa shape index (κ1) is 18.5. The Morgan fingerprint density at radius 2 is 1.75 bits per heavy atom. The van der Waals surface area contributed by atoms with Crippen LogP contribution in [0.4, 0.5) is 11.4 Å². The molecule has 2 aromatic rings. The van der Waals surface area contributed by atoms with Crippen molar-refractivity contribution in [2.24, 2.45) is 5.92 Å². The molecule has 2 aromatic carbocycles. The number of allylic oxidation sites excluding steroid dienone is 2. The van der Waals surface area contributed by atoms with Crippen molar-refractivity contribution in [1.29, 1.82) is 5.41 Å². The van der Waals surface area contributed by atoms with Gasteiger partial charge in [-0.25, -0.2) is 0 Å². The van der Waals surface area contributed by atoms with E-state index in [1.165, 1.54) is 49.8 Å². The van der Waals surface area contributed by atoms with E-state index in [0.717, 1.165) is 11.6 Å². The Labute approximate surface area is 165 Å². The van der Waals surface area contributed by atoms with Gasteiger partial charge in [-0.15, -0.1) is 0 Å². The molecule has 0 aromatic heterocycles. The second-order valence-electron chi connectivity index (χ2n) is 7.87. The Balaban J connectivity index is 1.51. The molecular formula is C24H26N2O2. The number of carbonyl (C=O) groups is 1. The van der Waals surface area contributed by atoms with Crippen LogP contribution in [0, 0.1) is 11.3 Å². The van der Waals surface area contributed by atoms with Crippen molar-refractivity contribution in [3.05, 3.63) is 65.2 Å². The normalized spacial score (nSPS) is 21.5. The first-order valence-corrected chi connectivity index (χ1v) is 10.1. The molecule has 1 saturated carbocycles. The van der Waals surface area contributed by atoms with Crippen LogP contribution in [0.1, 0.15) is 66.4 Å². The van der Waals surface area contributed by atoms with Crippen molar-refractivity contribution in [3.63, 3.8) is 0 Å². The third kappa shape index (κ3) is 3.47. The molecule has 0 heterocycles. The zero-order chi connectivity index (χ0) is 19.7. The molecule has 1 fully saturated rings.